The van der Waals surface area contributed by atoms with Gasteiger partial charge in [0.15, 0.2) is 11.7 Å². The molecule has 2 aliphatic heterocycles. The molecule has 1 aromatic heterocycles. The van der Waals surface area contributed by atoms with E-state index in [1.54, 1.807) is 7.05 Å². The van der Waals surface area contributed by atoms with Crippen LogP contribution in [0.2, 0.25) is 0 Å². The van der Waals surface area contributed by atoms with Crippen molar-refractivity contribution in [2.24, 2.45) is 4.99 Å². The van der Waals surface area contributed by atoms with E-state index in [0.717, 1.165) is 69.5 Å². The lowest BCUT2D eigenvalue weighted by Gasteiger charge is -2.36. The maximum Gasteiger partial charge on any atom is 0.236 e. The average Bonchev–Trinajstić information content (AvgIpc) is 3.03. The fourth-order valence-electron chi connectivity index (χ4n) is 3.91. The molecule has 30 heavy (non-hydrogen) atoms. The third-order valence-electron chi connectivity index (χ3n) is 5.79. The van der Waals surface area contributed by atoms with Gasteiger partial charge in [-0.2, -0.15) is 0 Å². The lowest BCUT2D eigenvalue weighted by Crippen LogP contribution is -2.54. The molecule has 3 heterocycles. The first-order chi connectivity index (χ1) is 14.1. The molecule has 1 aromatic rings. The molecule has 8 nitrogen and oxygen atoms in total. The first-order valence-corrected chi connectivity index (χ1v) is 11.0. The Morgan fingerprint density at radius 3 is 2.33 bits per heavy atom. The summed E-state index contributed by atoms with van der Waals surface area (Å²) in [5.74, 6) is 2.33. The summed E-state index contributed by atoms with van der Waals surface area (Å²) in [5, 5.41) is 7.47. The van der Waals surface area contributed by atoms with Gasteiger partial charge in [-0.1, -0.05) is 31.8 Å². The second-order valence-corrected chi connectivity index (χ2v) is 8.33. The van der Waals surface area contributed by atoms with Crippen LogP contribution in [0.3, 0.4) is 0 Å². The van der Waals surface area contributed by atoms with Crippen LogP contribution in [0.15, 0.2) is 15.6 Å². The van der Waals surface area contributed by atoms with Crippen LogP contribution in [0.1, 0.15) is 56.9 Å². The van der Waals surface area contributed by atoms with E-state index >= 15 is 0 Å². The summed E-state index contributed by atoms with van der Waals surface area (Å²) in [7, 11) is 1.80. The summed E-state index contributed by atoms with van der Waals surface area (Å²) in [5.41, 5.74) is 0.972. The first-order valence-electron chi connectivity index (χ1n) is 11.0. The number of piperazine rings is 1. The number of aliphatic imine (C=N–C) groups is 1. The van der Waals surface area contributed by atoms with E-state index < -0.39 is 0 Å². The maximum atomic E-state index is 12.6. The van der Waals surface area contributed by atoms with Crippen LogP contribution in [-0.4, -0.2) is 84.6 Å². The van der Waals surface area contributed by atoms with Gasteiger partial charge < -0.3 is 19.6 Å². The molecular formula is C21H37IN6O2. The molecule has 2 fully saturated rings. The number of carbonyl (C=O) groups excluding carboxylic acids is 1. The summed E-state index contributed by atoms with van der Waals surface area (Å²) >= 11 is 0. The standard InChI is InChI=1S/C21H36N6O2.HI/c1-17(2)19-14-18(29-24-19)15-23-21(22-3)27-12-10-25(11-13-27)16-20(28)26-8-6-4-5-7-9-26;/h14,17H,4-13,15-16H2,1-3H3,(H,22,23);1H. The predicted octanol–water partition coefficient (Wildman–Crippen LogP) is 2.51. The van der Waals surface area contributed by atoms with Crippen molar-refractivity contribution in [1.29, 1.82) is 0 Å². The van der Waals surface area contributed by atoms with E-state index in [4.69, 9.17) is 4.52 Å². The van der Waals surface area contributed by atoms with Crippen molar-refractivity contribution in [2.45, 2.75) is 52.0 Å². The van der Waals surface area contributed by atoms with Crippen molar-refractivity contribution in [3.8, 4) is 0 Å². The molecular weight excluding hydrogens is 495 g/mol. The summed E-state index contributed by atoms with van der Waals surface area (Å²) < 4.78 is 5.40. The van der Waals surface area contributed by atoms with Crippen LogP contribution in [0.4, 0.5) is 0 Å². The van der Waals surface area contributed by atoms with Gasteiger partial charge in [0.05, 0.1) is 18.8 Å². The second-order valence-electron chi connectivity index (χ2n) is 8.33. The number of aromatic nitrogens is 1. The number of amides is 1. The number of guanidine groups is 1. The van der Waals surface area contributed by atoms with E-state index in [1.807, 2.05) is 6.07 Å². The Bertz CT molecular complexity index is 677. The Labute approximate surface area is 197 Å². The van der Waals surface area contributed by atoms with Crippen molar-refractivity contribution in [2.75, 3.05) is 52.9 Å². The molecule has 0 bridgehead atoms. The topological polar surface area (TPSA) is 77.2 Å². The van der Waals surface area contributed by atoms with E-state index in [9.17, 15) is 4.79 Å². The average molecular weight is 532 g/mol. The minimum Gasteiger partial charge on any atom is -0.359 e. The van der Waals surface area contributed by atoms with E-state index in [1.165, 1.54) is 12.8 Å². The largest absolute Gasteiger partial charge is 0.359 e. The van der Waals surface area contributed by atoms with Crippen molar-refractivity contribution >= 4 is 35.8 Å². The summed E-state index contributed by atoms with van der Waals surface area (Å²) in [6.07, 6.45) is 4.79. The predicted molar refractivity (Wildman–Crippen MR) is 129 cm³/mol. The molecule has 9 heteroatoms. The molecule has 0 saturated carbocycles. The smallest absolute Gasteiger partial charge is 0.236 e. The van der Waals surface area contributed by atoms with Gasteiger partial charge in [0.25, 0.3) is 0 Å². The van der Waals surface area contributed by atoms with E-state index in [-0.39, 0.29) is 29.9 Å². The van der Waals surface area contributed by atoms with Gasteiger partial charge in [0.2, 0.25) is 5.91 Å². The molecule has 2 saturated heterocycles. The van der Waals surface area contributed by atoms with Crippen molar-refractivity contribution < 1.29 is 9.32 Å². The van der Waals surface area contributed by atoms with Gasteiger partial charge in [-0.05, 0) is 18.8 Å². The minimum atomic E-state index is 0. The first kappa shape index (κ1) is 24.9. The highest BCUT2D eigenvalue weighted by Gasteiger charge is 2.24. The molecule has 0 spiro atoms. The minimum absolute atomic E-state index is 0. The Kier molecular flexibility index (Phi) is 10.4. The number of nitrogens with one attached hydrogen (secondary N) is 1. The molecule has 0 atom stereocenters. The normalized spacial score (nSPS) is 18.9. The van der Waals surface area contributed by atoms with Gasteiger partial charge in [0, 0.05) is 52.4 Å². The molecule has 0 aliphatic carbocycles. The molecule has 1 amide bonds. The SMILES string of the molecule is CN=C(NCc1cc(C(C)C)no1)N1CCN(CC(=O)N2CCCCCC2)CC1.I. The monoisotopic (exact) mass is 532 g/mol. The number of rotatable bonds is 5. The summed E-state index contributed by atoms with van der Waals surface area (Å²) in [4.78, 5) is 23.6. The van der Waals surface area contributed by atoms with E-state index in [2.05, 4.69) is 44.0 Å². The van der Waals surface area contributed by atoms with Crippen molar-refractivity contribution in [1.82, 2.24) is 25.2 Å². The highest BCUT2D eigenvalue weighted by atomic mass is 127. The van der Waals surface area contributed by atoms with Crippen LogP contribution < -0.4 is 5.32 Å². The zero-order valence-corrected chi connectivity index (χ0v) is 20.9. The lowest BCUT2D eigenvalue weighted by atomic mass is 10.1. The van der Waals surface area contributed by atoms with Crippen LogP contribution in [0.25, 0.3) is 0 Å². The van der Waals surface area contributed by atoms with Gasteiger partial charge in [-0.3, -0.25) is 14.7 Å². The quantitative estimate of drug-likeness (QED) is 0.357. The number of nitrogens with zero attached hydrogens (tertiary/aromatic N) is 5. The number of hydrogen-bond donors (Lipinski definition) is 1. The van der Waals surface area contributed by atoms with Crippen LogP contribution in [0.5, 0.6) is 0 Å². The number of hydrogen-bond acceptors (Lipinski definition) is 5. The second kappa shape index (κ2) is 12.5. The van der Waals surface area contributed by atoms with Crippen LogP contribution in [0, 0.1) is 0 Å². The third kappa shape index (κ3) is 7.11. The summed E-state index contributed by atoms with van der Waals surface area (Å²) in [6.45, 7) is 10.6. The Morgan fingerprint density at radius 2 is 1.77 bits per heavy atom. The molecule has 170 valence electrons. The molecule has 3 rings (SSSR count). The molecule has 0 aromatic carbocycles. The number of halogens is 1. The van der Waals surface area contributed by atoms with Gasteiger partial charge in [-0.15, -0.1) is 24.0 Å². The third-order valence-corrected chi connectivity index (χ3v) is 5.79. The molecule has 0 radical (unpaired) electrons. The lowest BCUT2D eigenvalue weighted by molar-refractivity contribution is -0.132. The van der Waals surface area contributed by atoms with Gasteiger partial charge in [-0.25, -0.2) is 0 Å². The van der Waals surface area contributed by atoms with Gasteiger partial charge >= 0.3 is 0 Å². The Balaban J connectivity index is 0.00000320. The van der Waals surface area contributed by atoms with Crippen molar-refractivity contribution in [3.05, 3.63) is 17.5 Å². The fourth-order valence-corrected chi connectivity index (χ4v) is 3.91. The van der Waals surface area contributed by atoms with E-state index in [0.29, 0.717) is 19.0 Å². The zero-order valence-electron chi connectivity index (χ0n) is 18.6. The van der Waals surface area contributed by atoms with Gasteiger partial charge in [0.1, 0.15) is 0 Å². The highest BCUT2D eigenvalue weighted by Crippen LogP contribution is 2.14. The highest BCUT2D eigenvalue weighted by molar-refractivity contribution is 14.0. The van der Waals surface area contributed by atoms with Crippen LogP contribution >= 0.6 is 24.0 Å². The molecule has 0 unspecified atom stereocenters. The maximum absolute atomic E-state index is 12.6. The Morgan fingerprint density at radius 1 is 1.10 bits per heavy atom. The fraction of sp³-hybridized carbons (Fsp3) is 0.762. The summed E-state index contributed by atoms with van der Waals surface area (Å²) in [6, 6.07) is 2.00. The number of likely N-dealkylation sites (tertiary alicyclic amines) is 1. The molecule has 2 aliphatic rings. The van der Waals surface area contributed by atoms with Crippen LogP contribution in [-0.2, 0) is 11.3 Å². The number of carbonyl (C=O) groups is 1. The zero-order chi connectivity index (χ0) is 20.6. The van der Waals surface area contributed by atoms with Crippen molar-refractivity contribution in [3.63, 3.8) is 0 Å². The molecule has 1 N–H and O–H groups in total. The Hall–Kier alpha value is -1.36.